The van der Waals surface area contributed by atoms with Gasteiger partial charge in [0.05, 0.1) is 7.11 Å². The predicted octanol–water partition coefficient (Wildman–Crippen LogP) is 5.39. The Bertz CT molecular complexity index is 1120. The average Bonchev–Trinajstić information content (AvgIpc) is 2.82. The third-order valence-electron chi connectivity index (χ3n) is 4.82. The van der Waals surface area contributed by atoms with Crippen LogP contribution < -0.4 is 25.4 Å². The lowest BCUT2D eigenvalue weighted by Crippen LogP contribution is -2.34. The molecule has 7 nitrogen and oxygen atoms in total. The molecule has 0 atom stereocenters. The maximum absolute atomic E-state index is 12.6. The zero-order valence-corrected chi connectivity index (χ0v) is 20.1. The quantitative estimate of drug-likeness (QED) is 0.382. The van der Waals surface area contributed by atoms with Gasteiger partial charge in [0.25, 0.3) is 5.91 Å². The molecule has 178 valence electrons. The van der Waals surface area contributed by atoms with Gasteiger partial charge in [0, 0.05) is 28.9 Å². The van der Waals surface area contributed by atoms with E-state index in [1.54, 1.807) is 42.5 Å². The molecule has 8 heteroatoms. The van der Waals surface area contributed by atoms with Crippen LogP contribution >= 0.6 is 11.6 Å². The van der Waals surface area contributed by atoms with E-state index in [1.807, 2.05) is 38.1 Å². The zero-order valence-electron chi connectivity index (χ0n) is 19.4. The molecule has 0 aliphatic carbocycles. The molecule has 3 N–H and O–H groups in total. The van der Waals surface area contributed by atoms with E-state index in [0.717, 1.165) is 11.1 Å². The second-order valence-corrected chi connectivity index (χ2v) is 8.35. The summed E-state index contributed by atoms with van der Waals surface area (Å²) in [6.45, 7) is 4.48. The number of ether oxygens (including phenoxy) is 2. The minimum atomic E-state index is -0.259. The van der Waals surface area contributed by atoms with E-state index in [2.05, 4.69) is 16.0 Å². The lowest BCUT2D eigenvalue weighted by Gasteiger charge is -2.13. The van der Waals surface area contributed by atoms with E-state index in [9.17, 15) is 9.59 Å². The Morgan fingerprint density at radius 1 is 0.912 bits per heavy atom. The number of amides is 3. The average molecular weight is 482 g/mol. The van der Waals surface area contributed by atoms with Crippen molar-refractivity contribution in [2.75, 3.05) is 12.4 Å². The van der Waals surface area contributed by atoms with E-state index in [-0.39, 0.29) is 18.0 Å². The second kappa shape index (κ2) is 12.0. The number of halogens is 1. The normalized spacial score (nSPS) is 10.5. The van der Waals surface area contributed by atoms with Crippen molar-refractivity contribution < 1.29 is 19.1 Å². The monoisotopic (exact) mass is 481 g/mol. The summed E-state index contributed by atoms with van der Waals surface area (Å²) < 4.78 is 11.3. The van der Waals surface area contributed by atoms with Crippen molar-refractivity contribution in [2.45, 2.75) is 33.0 Å². The van der Waals surface area contributed by atoms with Crippen molar-refractivity contribution >= 4 is 29.2 Å². The van der Waals surface area contributed by atoms with Gasteiger partial charge >= 0.3 is 6.03 Å². The zero-order chi connectivity index (χ0) is 24.5. The molecular formula is C26H28ClN3O4. The molecule has 0 aromatic heterocycles. The standard InChI is InChI=1S/C26H28ClN3O4/c1-17(2)29-26(32)30-22-11-6-18(7-12-22)15-28-25(31)20-8-13-23(24(14-20)33-3)34-16-19-4-9-21(27)10-5-19/h4-14,17H,15-16H2,1-3H3,(H,28,31)(H2,29,30,32). The number of benzene rings is 3. The van der Waals surface area contributed by atoms with Crippen LogP contribution in [0.3, 0.4) is 0 Å². The second-order valence-electron chi connectivity index (χ2n) is 7.91. The number of hydrogen-bond acceptors (Lipinski definition) is 4. The Labute approximate surface area is 204 Å². The molecule has 3 amide bonds. The SMILES string of the molecule is COc1cc(C(=O)NCc2ccc(NC(=O)NC(C)C)cc2)ccc1OCc1ccc(Cl)cc1. The highest BCUT2D eigenvalue weighted by molar-refractivity contribution is 6.30. The Morgan fingerprint density at radius 3 is 2.24 bits per heavy atom. The lowest BCUT2D eigenvalue weighted by molar-refractivity contribution is 0.0950. The number of carbonyl (C=O) groups excluding carboxylic acids is 2. The summed E-state index contributed by atoms with van der Waals surface area (Å²) in [7, 11) is 1.53. The summed E-state index contributed by atoms with van der Waals surface area (Å²) in [5, 5.41) is 9.08. The van der Waals surface area contributed by atoms with E-state index >= 15 is 0 Å². The number of anilines is 1. The Kier molecular flexibility index (Phi) is 8.76. The van der Waals surface area contributed by atoms with Gasteiger partial charge in [-0.15, -0.1) is 0 Å². The molecule has 0 spiro atoms. The molecule has 0 saturated carbocycles. The molecule has 3 aromatic carbocycles. The van der Waals surface area contributed by atoms with Crippen LogP contribution in [0.2, 0.25) is 5.02 Å². The molecule has 0 aliphatic heterocycles. The van der Waals surface area contributed by atoms with Crippen LogP contribution in [0.1, 0.15) is 35.3 Å². The van der Waals surface area contributed by atoms with Gasteiger partial charge < -0.3 is 25.4 Å². The van der Waals surface area contributed by atoms with E-state index < -0.39 is 0 Å². The molecule has 34 heavy (non-hydrogen) atoms. The van der Waals surface area contributed by atoms with Crippen LogP contribution in [-0.4, -0.2) is 25.1 Å². The Balaban J connectivity index is 1.55. The summed E-state index contributed by atoms with van der Waals surface area (Å²) in [6.07, 6.45) is 0. The molecule has 3 aromatic rings. The third kappa shape index (κ3) is 7.42. The van der Waals surface area contributed by atoms with Gasteiger partial charge in [-0.2, -0.15) is 0 Å². The maximum Gasteiger partial charge on any atom is 0.319 e. The van der Waals surface area contributed by atoms with Crippen LogP contribution in [-0.2, 0) is 13.2 Å². The molecule has 0 bridgehead atoms. The highest BCUT2D eigenvalue weighted by Gasteiger charge is 2.12. The highest BCUT2D eigenvalue weighted by Crippen LogP contribution is 2.29. The number of methoxy groups -OCH3 is 1. The first-order valence-corrected chi connectivity index (χ1v) is 11.2. The first-order valence-electron chi connectivity index (χ1n) is 10.8. The Hall–Kier alpha value is -3.71. The van der Waals surface area contributed by atoms with Gasteiger partial charge in [-0.1, -0.05) is 35.9 Å². The number of carbonyl (C=O) groups is 2. The predicted molar refractivity (Wildman–Crippen MR) is 134 cm³/mol. The largest absolute Gasteiger partial charge is 0.493 e. The molecular weight excluding hydrogens is 454 g/mol. The van der Waals surface area contributed by atoms with Gasteiger partial charge in [0.2, 0.25) is 0 Å². The Morgan fingerprint density at radius 2 is 1.59 bits per heavy atom. The summed E-state index contributed by atoms with van der Waals surface area (Å²) in [5.41, 5.74) is 3.00. The van der Waals surface area contributed by atoms with Crippen LogP contribution in [0, 0.1) is 0 Å². The molecule has 0 fully saturated rings. The third-order valence-corrected chi connectivity index (χ3v) is 5.07. The summed E-state index contributed by atoms with van der Waals surface area (Å²) in [4.78, 5) is 24.4. The fraction of sp³-hybridized carbons (Fsp3) is 0.231. The van der Waals surface area contributed by atoms with Crippen molar-refractivity contribution in [3.63, 3.8) is 0 Å². The van der Waals surface area contributed by atoms with Crippen LogP contribution in [0.25, 0.3) is 0 Å². The van der Waals surface area contributed by atoms with Crippen LogP contribution in [0.15, 0.2) is 66.7 Å². The van der Waals surface area contributed by atoms with Crippen molar-refractivity contribution in [3.05, 3.63) is 88.4 Å². The number of rotatable bonds is 9. The molecule has 0 radical (unpaired) electrons. The smallest absolute Gasteiger partial charge is 0.319 e. The van der Waals surface area contributed by atoms with Gasteiger partial charge in [-0.3, -0.25) is 4.79 Å². The highest BCUT2D eigenvalue weighted by atomic mass is 35.5. The number of nitrogens with one attached hydrogen (secondary N) is 3. The van der Waals surface area contributed by atoms with Crippen LogP contribution in [0.4, 0.5) is 10.5 Å². The van der Waals surface area contributed by atoms with Crippen LogP contribution in [0.5, 0.6) is 11.5 Å². The summed E-state index contributed by atoms with van der Waals surface area (Å²) in [6, 6.07) is 19.5. The van der Waals surface area contributed by atoms with Gasteiger partial charge in [-0.05, 0) is 67.4 Å². The van der Waals surface area contributed by atoms with Gasteiger partial charge in [-0.25, -0.2) is 4.79 Å². The molecule has 0 unspecified atom stereocenters. The van der Waals surface area contributed by atoms with Crippen molar-refractivity contribution in [1.82, 2.24) is 10.6 Å². The van der Waals surface area contributed by atoms with E-state index in [0.29, 0.717) is 40.9 Å². The van der Waals surface area contributed by atoms with Crippen molar-refractivity contribution in [1.29, 1.82) is 0 Å². The first-order chi connectivity index (χ1) is 16.3. The summed E-state index contributed by atoms with van der Waals surface area (Å²) in [5.74, 6) is 0.774. The summed E-state index contributed by atoms with van der Waals surface area (Å²) >= 11 is 5.91. The molecule has 0 heterocycles. The molecule has 3 rings (SSSR count). The fourth-order valence-corrected chi connectivity index (χ4v) is 3.22. The minimum Gasteiger partial charge on any atom is -0.493 e. The van der Waals surface area contributed by atoms with Gasteiger partial charge in [0.15, 0.2) is 11.5 Å². The molecule has 0 saturated heterocycles. The lowest BCUT2D eigenvalue weighted by atomic mass is 10.1. The molecule has 0 aliphatic rings. The number of hydrogen-bond donors (Lipinski definition) is 3. The number of urea groups is 1. The van der Waals surface area contributed by atoms with Gasteiger partial charge in [0.1, 0.15) is 6.61 Å². The van der Waals surface area contributed by atoms with Crippen molar-refractivity contribution in [3.8, 4) is 11.5 Å². The van der Waals surface area contributed by atoms with Crippen molar-refractivity contribution in [2.24, 2.45) is 0 Å². The topological polar surface area (TPSA) is 88.7 Å². The van der Waals surface area contributed by atoms with E-state index in [4.69, 9.17) is 21.1 Å². The minimum absolute atomic E-state index is 0.0530. The fourth-order valence-electron chi connectivity index (χ4n) is 3.09. The maximum atomic E-state index is 12.6. The van der Waals surface area contributed by atoms with E-state index in [1.165, 1.54) is 7.11 Å². The first kappa shape index (κ1) is 24.9.